The number of hydrogen-bond donors (Lipinski definition) is 1. The minimum atomic E-state index is -0.389. The van der Waals surface area contributed by atoms with Crippen LogP contribution in [0, 0.1) is 0 Å². The van der Waals surface area contributed by atoms with Crippen LogP contribution in [0.3, 0.4) is 0 Å². The van der Waals surface area contributed by atoms with Gasteiger partial charge in [0, 0.05) is 11.6 Å². The van der Waals surface area contributed by atoms with Gasteiger partial charge in [0.25, 0.3) is 11.5 Å². The number of aromatic nitrogens is 2. The summed E-state index contributed by atoms with van der Waals surface area (Å²) in [6.45, 7) is 3.87. The molecule has 7 heteroatoms. The number of nitrogens with zero attached hydrogens (tertiary/aromatic N) is 2. The van der Waals surface area contributed by atoms with E-state index in [4.69, 9.17) is 0 Å². The molecule has 1 unspecified atom stereocenters. The standard InChI is InChI=1S/C17H17N3O2S2/c1-3-23-15-13(16(22)20-9-10-24-17(20)19-15)14(21)18-11(2)12-7-5-4-6-8-12/h4-11H,3H2,1-2H3,(H,18,21). The van der Waals surface area contributed by atoms with Crippen molar-refractivity contribution < 1.29 is 4.79 Å². The fourth-order valence-electron chi connectivity index (χ4n) is 2.39. The van der Waals surface area contributed by atoms with Crippen LogP contribution in [-0.4, -0.2) is 21.0 Å². The van der Waals surface area contributed by atoms with Crippen molar-refractivity contribution in [3.63, 3.8) is 0 Å². The molecule has 0 radical (unpaired) electrons. The van der Waals surface area contributed by atoms with Gasteiger partial charge in [0.2, 0.25) is 0 Å². The van der Waals surface area contributed by atoms with Crippen molar-refractivity contribution in [3.8, 4) is 0 Å². The molecule has 0 spiro atoms. The molecule has 0 saturated heterocycles. The third kappa shape index (κ3) is 3.22. The maximum absolute atomic E-state index is 12.7. The lowest BCUT2D eigenvalue weighted by Gasteiger charge is -2.15. The van der Waals surface area contributed by atoms with Gasteiger partial charge >= 0.3 is 0 Å². The zero-order valence-electron chi connectivity index (χ0n) is 13.4. The molecule has 5 nitrogen and oxygen atoms in total. The summed E-state index contributed by atoms with van der Waals surface area (Å²) in [6.07, 6.45) is 1.65. The predicted molar refractivity (Wildman–Crippen MR) is 98.1 cm³/mol. The van der Waals surface area contributed by atoms with Crippen LogP contribution in [0.15, 0.2) is 51.7 Å². The van der Waals surface area contributed by atoms with Gasteiger partial charge < -0.3 is 5.32 Å². The third-order valence-corrected chi connectivity index (χ3v) is 5.20. The SMILES string of the molecule is CCSc1nc2sccn2c(=O)c1C(=O)NC(C)c1ccccc1. The average molecular weight is 359 g/mol. The number of amides is 1. The number of rotatable bonds is 5. The molecule has 1 aromatic carbocycles. The van der Waals surface area contributed by atoms with Gasteiger partial charge in [0.05, 0.1) is 6.04 Å². The number of carbonyl (C=O) groups excluding carboxylic acids is 1. The van der Waals surface area contributed by atoms with Gasteiger partial charge in [-0.05, 0) is 18.2 Å². The molecule has 2 heterocycles. The van der Waals surface area contributed by atoms with E-state index in [0.717, 1.165) is 11.3 Å². The number of carbonyl (C=O) groups is 1. The highest BCUT2D eigenvalue weighted by molar-refractivity contribution is 7.99. The van der Waals surface area contributed by atoms with Crippen molar-refractivity contribution in [2.75, 3.05) is 5.75 Å². The average Bonchev–Trinajstić information content (AvgIpc) is 3.05. The molecule has 0 fully saturated rings. The van der Waals surface area contributed by atoms with Gasteiger partial charge in [-0.15, -0.1) is 23.1 Å². The van der Waals surface area contributed by atoms with E-state index in [9.17, 15) is 9.59 Å². The van der Waals surface area contributed by atoms with Crippen molar-refractivity contribution in [1.82, 2.24) is 14.7 Å². The topological polar surface area (TPSA) is 63.5 Å². The van der Waals surface area contributed by atoms with E-state index in [-0.39, 0.29) is 23.1 Å². The molecule has 124 valence electrons. The smallest absolute Gasteiger partial charge is 0.272 e. The zero-order valence-corrected chi connectivity index (χ0v) is 15.0. The van der Waals surface area contributed by atoms with E-state index in [2.05, 4.69) is 10.3 Å². The Balaban J connectivity index is 1.98. The Morgan fingerprint density at radius 3 is 2.83 bits per heavy atom. The van der Waals surface area contributed by atoms with Crippen molar-refractivity contribution >= 4 is 34.0 Å². The lowest BCUT2D eigenvalue weighted by molar-refractivity contribution is 0.0934. The normalized spacial score (nSPS) is 12.2. The summed E-state index contributed by atoms with van der Waals surface area (Å²) in [6, 6.07) is 9.46. The summed E-state index contributed by atoms with van der Waals surface area (Å²) < 4.78 is 1.42. The molecule has 0 aliphatic rings. The van der Waals surface area contributed by atoms with Crippen LogP contribution in [0.2, 0.25) is 0 Å². The van der Waals surface area contributed by atoms with E-state index in [1.807, 2.05) is 44.2 Å². The molecule has 3 rings (SSSR count). The maximum atomic E-state index is 12.7. The number of fused-ring (bicyclic) bond motifs is 1. The first kappa shape index (κ1) is 16.7. The van der Waals surface area contributed by atoms with Crippen LogP contribution in [-0.2, 0) is 0 Å². The molecular formula is C17H17N3O2S2. The van der Waals surface area contributed by atoms with Gasteiger partial charge in [0.1, 0.15) is 10.6 Å². The first-order chi connectivity index (χ1) is 11.6. The van der Waals surface area contributed by atoms with Gasteiger partial charge in [-0.1, -0.05) is 37.3 Å². The summed E-state index contributed by atoms with van der Waals surface area (Å²) in [5.74, 6) is 0.350. The Morgan fingerprint density at radius 2 is 2.12 bits per heavy atom. The minimum absolute atomic E-state index is 0.112. The van der Waals surface area contributed by atoms with Crippen LogP contribution in [0.25, 0.3) is 4.96 Å². The van der Waals surface area contributed by atoms with Gasteiger partial charge in [-0.2, -0.15) is 0 Å². The Bertz CT molecular complexity index is 918. The number of thiazole rings is 1. The summed E-state index contributed by atoms with van der Waals surface area (Å²) in [4.78, 5) is 30.5. The van der Waals surface area contributed by atoms with Gasteiger partial charge in [-0.3, -0.25) is 14.0 Å². The van der Waals surface area contributed by atoms with Crippen molar-refractivity contribution in [2.24, 2.45) is 0 Å². The van der Waals surface area contributed by atoms with Crippen LogP contribution in [0.4, 0.5) is 0 Å². The van der Waals surface area contributed by atoms with Crippen LogP contribution in [0.5, 0.6) is 0 Å². The Kier molecular flexibility index (Phi) is 5.01. The molecular weight excluding hydrogens is 342 g/mol. The van der Waals surface area contributed by atoms with Gasteiger partial charge in [0.15, 0.2) is 4.96 Å². The lowest BCUT2D eigenvalue weighted by atomic mass is 10.1. The second-order valence-corrected chi connectivity index (χ2v) is 7.32. The van der Waals surface area contributed by atoms with E-state index in [1.54, 1.807) is 11.6 Å². The monoisotopic (exact) mass is 359 g/mol. The first-order valence-corrected chi connectivity index (χ1v) is 9.46. The Labute approximate surface area is 147 Å². The van der Waals surface area contributed by atoms with Crippen LogP contribution in [0.1, 0.15) is 35.8 Å². The second-order valence-electron chi connectivity index (χ2n) is 5.19. The number of thioether (sulfide) groups is 1. The molecule has 0 saturated carbocycles. The highest BCUT2D eigenvalue weighted by Crippen LogP contribution is 2.21. The van der Waals surface area contributed by atoms with E-state index in [0.29, 0.717) is 9.99 Å². The first-order valence-electron chi connectivity index (χ1n) is 7.60. The van der Waals surface area contributed by atoms with E-state index >= 15 is 0 Å². The van der Waals surface area contributed by atoms with E-state index < -0.39 is 0 Å². The Hall–Kier alpha value is -2.12. The summed E-state index contributed by atoms with van der Waals surface area (Å²) in [5.41, 5.74) is 0.774. The zero-order chi connectivity index (χ0) is 17.1. The molecule has 0 aliphatic carbocycles. The molecule has 3 aromatic rings. The lowest BCUT2D eigenvalue weighted by Crippen LogP contribution is -2.33. The Morgan fingerprint density at radius 1 is 1.38 bits per heavy atom. The summed E-state index contributed by atoms with van der Waals surface area (Å²) >= 11 is 2.79. The highest BCUT2D eigenvalue weighted by atomic mass is 32.2. The minimum Gasteiger partial charge on any atom is -0.345 e. The third-order valence-electron chi connectivity index (χ3n) is 3.59. The van der Waals surface area contributed by atoms with Crippen LogP contribution < -0.4 is 10.9 Å². The number of hydrogen-bond acceptors (Lipinski definition) is 5. The van der Waals surface area contributed by atoms with E-state index in [1.165, 1.54) is 27.5 Å². The molecule has 0 aliphatic heterocycles. The molecule has 24 heavy (non-hydrogen) atoms. The summed E-state index contributed by atoms with van der Waals surface area (Å²) in [7, 11) is 0. The quantitative estimate of drug-likeness (QED) is 0.560. The largest absolute Gasteiger partial charge is 0.345 e. The molecule has 1 atom stereocenters. The molecule has 1 amide bonds. The van der Waals surface area contributed by atoms with Gasteiger partial charge in [-0.25, -0.2) is 4.98 Å². The molecule has 0 bridgehead atoms. The predicted octanol–water partition coefficient (Wildman–Crippen LogP) is 3.36. The number of nitrogens with one attached hydrogen (secondary N) is 1. The maximum Gasteiger partial charge on any atom is 0.272 e. The van der Waals surface area contributed by atoms with Crippen molar-refractivity contribution in [2.45, 2.75) is 24.9 Å². The second kappa shape index (κ2) is 7.19. The van der Waals surface area contributed by atoms with Crippen LogP contribution >= 0.6 is 23.1 Å². The summed E-state index contributed by atoms with van der Waals surface area (Å²) in [5, 5.41) is 5.19. The molecule has 2 aromatic heterocycles. The fraction of sp³-hybridized carbons (Fsp3) is 0.235. The molecule has 1 N–H and O–H groups in total. The number of benzene rings is 1. The van der Waals surface area contributed by atoms with Crippen molar-refractivity contribution in [1.29, 1.82) is 0 Å². The van der Waals surface area contributed by atoms with Crippen molar-refractivity contribution in [3.05, 3.63) is 63.4 Å². The highest BCUT2D eigenvalue weighted by Gasteiger charge is 2.22. The fourth-order valence-corrected chi connectivity index (χ4v) is 3.90.